The Kier molecular flexibility index (Phi) is 4.98. The van der Waals surface area contributed by atoms with Crippen molar-refractivity contribution in [3.8, 4) is 0 Å². The molecule has 2 aliphatic rings. The molecule has 4 rings (SSSR count). The molecule has 0 radical (unpaired) electrons. The number of anilines is 2. The summed E-state index contributed by atoms with van der Waals surface area (Å²) in [4.78, 5) is 41.0. The van der Waals surface area contributed by atoms with Crippen LogP contribution in [-0.4, -0.2) is 30.4 Å². The van der Waals surface area contributed by atoms with Crippen LogP contribution in [0.5, 0.6) is 0 Å². The second kappa shape index (κ2) is 7.39. The molecular weight excluding hydrogens is 414 g/mol. The molecule has 7 heteroatoms. The number of benzene rings is 2. The molecule has 2 aromatic carbocycles. The maximum atomic E-state index is 13.0. The first-order chi connectivity index (χ1) is 14.6. The van der Waals surface area contributed by atoms with E-state index in [4.69, 9.17) is 11.6 Å². The number of carbonyl (C=O) groups excluding carboxylic acids is 3. The van der Waals surface area contributed by atoms with Gasteiger partial charge in [0.1, 0.15) is 5.57 Å². The number of hydrogen-bond donors (Lipinski definition) is 1. The number of likely N-dealkylation sites (N-methyl/N-ethyl adjacent to an activating group) is 1. The van der Waals surface area contributed by atoms with Gasteiger partial charge in [0.05, 0.1) is 11.2 Å². The third-order valence-electron chi connectivity index (χ3n) is 5.74. The molecule has 6 nitrogen and oxygen atoms in total. The Labute approximate surface area is 185 Å². The third kappa shape index (κ3) is 3.64. The second-order valence-electron chi connectivity index (χ2n) is 8.25. The summed E-state index contributed by atoms with van der Waals surface area (Å²) < 4.78 is 0. The van der Waals surface area contributed by atoms with Crippen molar-refractivity contribution < 1.29 is 14.4 Å². The highest BCUT2D eigenvalue weighted by Gasteiger charge is 2.37. The number of amides is 4. The van der Waals surface area contributed by atoms with Crippen molar-refractivity contribution in [2.45, 2.75) is 26.3 Å². The molecule has 0 aliphatic carbocycles. The van der Waals surface area contributed by atoms with Crippen LogP contribution in [0, 0.1) is 0 Å². The zero-order valence-corrected chi connectivity index (χ0v) is 18.4. The van der Waals surface area contributed by atoms with Gasteiger partial charge in [0.25, 0.3) is 11.8 Å². The average Bonchev–Trinajstić information content (AvgIpc) is 2.70. The summed E-state index contributed by atoms with van der Waals surface area (Å²) in [5, 5.41) is 2.72. The normalized spacial score (nSPS) is 19.3. The van der Waals surface area contributed by atoms with Gasteiger partial charge in [0.2, 0.25) is 0 Å². The fraction of sp³-hybridized carbons (Fsp3) is 0.208. The number of nitrogens with zero attached hydrogens (tertiary/aromatic N) is 2. The monoisotopic (exact) mass is 435 g/mol. The van der Waals surface area contributed by atoms with Gasteiger partial charge in [-0.2, -0.15) is 0 Å². The van der Waals surface area contributed by atoms with Gasteiger partial charge < -0.3 is 4.90 Å². The predicted molar refractivity (Wildman–Crippen MR) is 123 cm³/mol. The number of barbiturate groups is 1. The standard InChI is InChI=1S/C24H22ClN3O3/c1-14-13-24(2,3)27(4)20-10-5-15(11-18(14)20)12-19-21(29)26-23(31)28(22(19)30)17-8-6-16(25)7-9-17/h5-13H,1-4H3,(H,26,29,31)/b19-12-. The van der Waals surface area contributed by atoms with Gasteiger partial charge in [-0.1, -0.05) is 23.7 Å². The van der Waals surface area contributed by atoms with Crippen LogP contribution in [0.25, 0.3) is 11.6 Å². The molecule has 4 amide bonds. The summed E-state index contributed by atoms with van der Waals surface area (Å²) in [6.07, 6.45) is 3.70. The van der Waals surface area contributed by atoms with Gasteiger partial charge in [0, 0.05) is 23.3 Å². The Morgan fingerprint density at radius 2 is 1.71 bits per heavy atom. The molecule has 2 aromatic rings. The lowest BCUT2D eigenvalue weighted by Gasteiger charge is -2.40. The SMILES string of the molecule is CC1=CC(C)(C)N(C)c2ccc(/C=C3/C(=O)NC(=O)N(c4ccc(Cl)cc4)C3=O)cc21. The highest BCUT2D eigenvalue weighted by Crippen LogP contribution is 2.38. The molecule has 158 valence electrons. The van der Waals surface area contributed by atoms with Crippen molar-refractivity contribution in [3.63, 3.8) is 0 Å². The molecule has 2 aliphatic heterocycles. The van der Waals surface area contributed by atoms with Crippen molar-refractivity contribution in [3.05, 3.63) is 70.3 Å². The van der Waals surface area contributed by atoms with Gasteiger partial charge >= 0.3 is 6.03 Å². The molecule has 2 heterocycles. The van der Waals surface area contributed by atoms with Crippen molar-refractivity contribution in [2.24, 2.45) is 0 Å². The van der Waals surface area contributed by atoms with Gasteiger partial charge in [-0.05, 0) is 74.4 Å². The number of rotatable bonds is 2. The van der Waals surface area contributed by atoms with E-state index in [-0.39, 0.29) is 11.1 Å². The van der Waals surface area contributed by atoms with E-state index in [1.807, 2.05) is 32.2 Å². The summed E-state index contributed by atoms with van der Waals surface area (Å²) in [6.45, 7) is 6.33. The Morgan fingerprint density at radius 1 is 1.03 bits per heavy atom. The van der Waals surface area contributed by atoms with Gasteiger partial charge in [0.15, 0.2) is 0 Å². The Bertz CT molecular complexity index is 1180. The smallest absolute Gasteiger partial charge is 0.335 e. The van der Waals surface area contributed by atoms with Gasteiger partial charge in [-0.3, -0.25) is 14.9 Å². The highest BCUT2D eigenvalue weighted by molar-refractivity contribution is 6.39. The lowest BCUT2D eigenvalue weighted by atomic mass is 9.88. The second-order valence-corrected chi connectivity index (χ2v) is 8.69. The van der Waals surface area contributed by atoms with Gasteiger partial charge in [-0.15, -0.1) is 0 Å². The molecule has 0 bridgehead atoms. The molecule has 1 saturated heterocycles. The first kappa shape index (κ1) is 20.9. The molecule has 1 N–H and O–H groups in total. The van der Waals surface area contributed by atoms with E-state index in [2.05, 4.69) is 30.1 Å². The van der Waals surface area contributed by atoms with E-state index in [9.17, 15) is 14.4 Å². The maximum absolute atomic E-state index is 13.0. The number of halogens is 1. The van der Waals surface area contributed by atoms with Gasteiger partial charge in [-0.25, -0.2) is 9.69 Å². The van der Waals surface area contributed by atoms with Crippen molar-refractivity contribution >= 4 is 52.5 Å². The van der Waals surface area contributed by atoms with Crippen LogP contribution in [-0.2, 0) is 9.59 Å². The number of carbonyl (C=O) groups is 3. The van der Waals surface area contributed by atoms with Crippen molar-refractivity contribution in [2.75, 3.05) is 16.8 Å². The molecular formula is C24H22ClN3O3. The highest BCUT2D eigenvalue weighted by atomic mass is 35.5. The van der Waals surface area contributed by atoms with Crippen molar-refractivity contribution in [1.29, 1.82) is 0 Å². The fourth-order valence-corrected chi connectivity index (χ4v) is 4.04. The zero-order chi connectivity index (χ0) is 22.5. The Balaban J connectivity index is 1.73. The van der Waals surface area contributed by atoms with Crippen LogP contribution < -0.4 is 15.1 Å². The zero-order valence-electron chi connectivity index (χ0n) is 17.7. The molecule has 1 fully saturated rings. The van der Waals surface area contributed by atoms with E-state index >= 15 is 0 Å². The first-order valence-electron chi connectivity index (χ1n) is 9.83. The quantitative estimate of drug-likeness (QED) is 0.551. The van der Waals surface area contributed by atoms with Crippen LogP contribution in [0.2, 0.25) is 5.02 Å². The molecule has 0 spiro atoms. The minimum absolute atomic E-state index is 0.111. The van der Waals surface area contributed by atoms with Crippen LogP contribution in [0.3, 0.4) is 0 Å². The fourth-order valence-electron chi connectivity index (χ4n) is 3.92. The van der Waals surface area contributed by atoms with Crippen molar-refractivity contribution in [1.82, 2.24) is 5.32 Å². The maximum Gasteiger partial charge on any atom is 0.335 e. The Hall–Kier alpha value is -3.38. The largest absolute Gasteiger partial charge is 0.366 e. The summed E-state index contributed by atoms with van der Waals surface area (Å²) in [5.41, 5.74) is 4.03. The number of urea groups is 1. The topological polar surface area (TPSA) is 69.7 Å². The number of allylic oxidation sites excluding steroid dienone is 1. The summed E-state index contributed by atoms with van der Waals surface area (Å²) in [7, 11) is 2.04. The third-order valence-corrected chi connectivity index (χ3v) is 5.99. The molecule has 0 unspecified atom stereocenters. The summed E-state index contributed by atoms with van der Waals surface area (Å²) in [5.74, 6) is -1.40. The minimum Gasteiger partial charge on any atom is -0.366 e. The van der Waals surface area contributed by atoms with Crippen LogP contribution in [0.15, 0.2) is 54.1 Å². The lowest BCUT2D eigenvalue weighted by molar-refractivity contribution is -0.122. The van der Waals surface area contributed by atoms with E-state index < -0.39 is 17.8 Å². The van der Waals surface area contributed by atoms with Crippen LogP contribution >= 0.6 is 11.6 Å². The molecule has 0 aromatic heterocycles. The van der Waals surface area contributed by atoms with E-state index in [1.54, 1.807) is 24.3 Å². The molecule has 0 saturated carbocycles. The van der Waals surface area contributed by atoms with E-state index in [1.165, 1.54) is 6.08 Å². The van der Waals surface area contributed by atoms with Crippen LogP contribution in [0.1, 0.15) is 31.9 Å². The Morgan fingerprint density at radius 3 is 2.39 bits per heavy atom. The summed E-state index contributed by atoms with van der Waals surface area (Å²) >= 11 is 5.90. The molecule has 0 atom stereocenters. The minimum atomic E-state index is -0.789. The predicted octanol–water partition coefficient (Wildman–Crippen LogP) is 4.64. The van der Waals surface area contributed by atoms with Crippen LogP contribution in [0.4, 0.5) is 16.2 Å². The first-order valence-corrected chi connectivity index (χ1v) is 10.2. The number of fused-ring (bicyclic) bond motifs is 1. The lowest BCUT2D eigenvalue weighted by Crippen LogP contribution is -2.54. The number of hydrogen-bond acceptors (Lipinski definition) is 4. The average molecular weight is 436 g/mol. The molecule has 31 heavy (non-hydrogen) atoms. The van der Waals surface area contributed by atoms with E-state index in [0.29, 0.717) is 16.3 Å². The number of imide groups is 2. The van der Waals surface area contributed by atoms with E-state index in [0.717, 1.165) is 21.7 Å². The summed E-state index contributed by atoms with van der Waals surface area (Å²) in [6, 6.07) is 11.3. The number of nitrogens with one attached hydrogen (secondary N) is 1.